The van der Waals surface area contributed by atoms with E-state index in [9.17, 15) is 0 Å². The molecule has 10 heavy (non-hydrogen) atoms. The molecule has 0 aromatic carbocycles. The lowest BCUT2D eigenvalue weighted by atomic mass is 9.82. The molecule has 0 bridgehead atoms. The fraction of sp³-hybridized carbons (Fsp3) is 0.875. The quantitative estimate of drug-likeness (QED) is 0.554. The topological polar surface area (TPSA) is 33.0 Å². The Bertz CT molecular complexity index is 142. The predicted molar refractivity (Wildman–Crippen MR) is 38.4 cm³/mol. The van der Waals surface area contributed by atoms with E-state index in [1.807, 2.05) is 0 Å². The van der Waals surface area contributed by atoms with Crippen LogP contribution in [-0.2, 0) is 4.74 Å². The van der Waals surface area contributed by atoms with Crippen molar-refractivity contribution < 1.29 is 4.74 Å². The van der Waals surface area contributed by atoms with Crippen LogP contribution in [0.25, 0.3) is 0 Å². The molecule has 2 heteroatoms. The van der Waals surface area contributed by atoms with Crippen LogP contribution in [0.1, 0.15) is 26.2 Å². The molecule has 1 fully saturated rings. The number of nitriles is 1. The molecule has 1 rings (SSSR count). The predicted octanol–water partition coefficient (Wildman–Crippen LogP) is 1.72. The molecule has 1 aliphatic rings. The van der Waals surface area contributed by atoms with E-state index >= 15 is 0 Å². The Hall–Kier alpha value is -0.550. The van der Waals surface area contributed by atoms with Crippen molar-refractivity contribution in [3.63, 3.8) is 0 Å². The maximum Gasteiger partial charge on any atom is 0.0628 e. The molecule has 56 valence electrons. The standard InChI is InChI=1S/C8H13NO/c1-8(4-5-9)3-2-6-10-7-8/h2-4,6-7H2,1H3/t8-/m0/s1. The molecule has 0 aromatic rings. The molecule has 0 saturated carbocycles. The van der Waals surface area contributed by atoms with Gasteiger partial charge in [0.25, 0.3) is 0 Å². The Morgan fingerprint density at radius 1 is 1.70 bits per heavy atom. The summed E-state index contributed by atoms with van der Waals surface area (Å²) in [6.45, 7) is 3.76. The van der Waals surface area contributed by atoms with Crippen LogP contribution in [0.3, 0.4) is 0 Å². The van der Waals surface area contributed by atoms with Gasteiger partial charge < -0.3 is 4.74 Å². The monoisotopic (exact) mass is 139 g/mol. The molecule has 0 aliphatic carbocycles. The summed E-state index contributed by atoms with van der Waals surface area (Å²) in [6.07, 6.45) is 2.88. The first kappa shape index (κ1) is 7.56. The largest absolute Gasteiger partial charge is 0.381 e. The summed E-state index contributed by atoms with van der Waals surface area (Å²) in [7, 11) is 0. The van der Waals surface area contributed by atoms with Gasteiger partial charge in [-0.15, -0.1) is 0 Å². The number of hydrogen-bond donors (Lipinski definition) is 0. The molecular formula is C8H13NO. The van der Waals surface area contributed by atoms with Crippen LogP contribution < -0.4 is 0 Å². The minimum Gasteiger partial charge on any atom is -0.381 e. The van der Waals surface area contributed by atoms with E-state index in [0.29, 0.717) is 6.42 Å². The first-order chi connectivity index (χ1) is 4.77. The smallest absolute Gasteiger partial charge is 0.0628 e. The maximum atomic E-state index is 8.48. The molecule has 1 heterocycles. The zero-order valence-corrected chi connectivity index (χ0v) is 6.39. The van der Waals surface area contributed by atoms with Crippen LogP contribution in [-0.4, -0.2) is 13.2 Å². The Morgan fingerprint density at radius 2 is 2.50 bits per heavy atom. The molecule has 0 aromatic heterocycles. The Labute approximate surface area is 61.8 Å². The van der Waals surface area contributed by atoms with Gasteiger partial charge in [0.2, 0.25) is 0 Å². The van der Waals surface area contributed by atoms with Gasteiger partial charge in [0.15, 0.2) is 0 Å². The summed E-state index contributed by atoms with van der Waals surface area (Å²) in [4.78, 5) is 0. The van der Waals surface area contributed by atoms with Crippen molar-refractivity contribution >= 4 is 0 Å². The van der Waals surface area contributed by atoms with Gasteiger partial charge >= 0.3 is 0 Å². The zero-order valence-electron chi connectivity index (χ0n) is 6.39. The van der Waals surface area contributed by atoms with Crippen molar-refractivity contribution in [2.45, 2.75) is 26.2 Å². The number of hydrogen-bond acceptors (Lipinski definition) is 2. The Kier molecular flexibility index (Phi) is 2.29. The van der Waals surface area contributed by atoms with E-state index in [1.165, 1.54) is 0 Å². The van der Waals surface area contributed by atoms with Crippen LogP contribution in [0, 0.1) is 16.7 Å². The molecule has 0 amide bonds. The van der Waals surface area contributed by atoms with Crippen molar-refractivity contribution in [1.82, 2.24) is 0 Å². The highest BCUT2D eigenvalue weighted by molar-refractivity contribution is 4.86. The number of rotatable bonds is 1. The number of nitrogens with zero attached hydrogens (tertiary/aromatic N) is 1. The van der Waals surface area contributed by atoms with Gasteiger partial charge in [0.1, 0.15) is 0 Å². The molecule has 2 nitrogen and oxygen atoms in total. The van der Waals surface area contributed by atoms with Crippen molar-refractivity contribution in [3.05, 3.63) is 0 Å². The third-order valence-electron chi connectivity index (χ3n) is 2.03. The molecule has 1 saturated heterocycles. The van der Waals surface area contributed by atoms with Gasteiger partial charge in [-0.05, 0) is 12.8 Å². The maximum absolute atomic E-state index is 8.48. The normalized spacial score (nSPS) is 33.2. The second kappa shape index (κ2) is 3.03. The molecule has 0 radical (unpaired) electrons. The van der Waals surface area contributed by atoms with Gasteiger partial charge in [0.05, 0.1) is 12.7 Å². The van der Waals surface area contributed by atoms with Crippen molar-refractivity contribution in [1.29, 1.82) is 5.26 Å². The van der Waals surface area contributed by atoms with Crippen LogP contribution in [0.5, 0.6) is 0 Å². The van der Waals surface area contributed by atoms with Gasteiger partial charge in [-0.3, -0.25) is 0 Å². The summed E-state index contributed by atoms with van der Waals surface area (Å²) < 4.78 is 5.29. The SMILES string of the molecule is C[C@@]1(CC#N)CCCOC1. The summed E-state index contributed by atoms with van der Waals surface area (Å²) in [6, 6.07) is 2.20. The highest BCUT2D eigenvalue weighted by Crippen LogP contribution is 2.30. The fourth-order valence-electron chi connectivity index (χ4n) is 1.32. The molecule has 0 N–H and O–H groups in total. The van der Waals surface area contributed by atoms with E-state index in [-0.39, 0.29) is 5.41 Å². The molecule has 1 aliphatic heterocycles. The third-order valence-corrected chi connectivity index (χ3v) is 2.03. The summed E-state index contributed by atoms with van der Waals surface area (Å²) in [5.74, 6) is 0. The van der Waals surface area contributed by atoms with Gasteiger partial charge in [-0.2, -0.15) is 5.26 Å². The first-order valence-electron chi connectivity index (χ1n) is 3.72. The van der Waals surface area contributed by atoms with E-state index in [0.717, 1.165) is 26.1 Å². The lowest BCUT2D eigenvalue weighted by molar-refractivity contribution is 0.00509. The summed E-state index contributed by atoms with van der Waals surface area (Å²) >= 11 is 0. The Balaban J connectivity index is 2.42. The van der Waals surface area contributed by atoms with Crippen molar-refractivity contribution in [2.75, 3.05) is 13.2 Å². The second-order valence-electron chi connectivity index (χ2n) is 3.30. The van der Waals surface area contributed by atoms with Crippen LogP contribution in [0.2, 0.25) is 0 Å². The average molecular weight is 139 g/mol. The summed E-state index contributed by atoms with van der Waals surface area (Å²) in [5, 5.41) is 8.48. The van der Waals surface area contributed by atoms with Crippen molar-refractivity contribution in [3.8, 4) is 6.07 Å². The molecule has 0 unspecified atom stereocenters. The highest BCUT2D eigenvalue weighted by atomic mass is 16.5. The van der Waals surface area contributed by atoms with Crippen LogP contribution in [0.4, 0.5) is 0 Å². The van der Waals surface area contributed by atoms with E-state index in [1.54, 1.807) is 0 Å². The highest BCUT2D eigenvalue weighted by Gasteiger charge is 2.26. The first-order valence-corrected chi connectivity index (χ1v) is 3.72. The van der Waals surface area contributed by atoms with Crippen LogP contribution in [0.15, 0.2) is 0 Å². The van der Waals surface area contributed by atoms with Crippen molar-refractivity contribution in [2.24, 2.45) is 5.41 Å². The number of ether oxygens (including phenoxy) is 1. The van der Waals surface area contributed by atoms with E-state index in [4.69, 9.17) is 10.00 Å². The lowest BCUT2D eigenvalue weighted by Crippen LogP contribution is -2.28. The molecular weight excluding hydrogens is 126 g/mol. The third kappa shape index (κ3) is 1.71. The Morgan fingerprint density at radius 3 is 3.00 bits per heavy atom. The fourth-order valence-corrected chi connectivity index (χ4v) is 1.32. The zero-order chi connectivity index (χ0) is 7.45. The summed E-state index contributed by atoms with van der Waals surface area (Å²) in [5.41, 5.74) is 0.146. The van der Waals surface area contributed by atoms with Gasteiger partial charge in [0, 0.05) is 18.4 Å². The average Bonchev–Trinajstić information content (AvgIpc) is 1.89. The molecule has 0 spiro atoms. The van der Waals surface area contributed by atoms with Gasteiger partial charge in [-0.25, -0.2) is 0 Å². The van der Waals surface area contributed by atoms with E-state index < -0.39 is 0 Å². The minimum absolute atomic E-state index is 0.146. The van der Waals surface area contributed by atoms with E-state index in [2.05, 4.69) is 13.0 Å². The molecule has 1 atom stereocenters. The van der Waals surface area contributed by atoms with Crippen LogP contribution >= 0.6 is 0 Å². The minimum atomic E-state index is 0.146. The lowest BCUT2D eigenvalue weighted by Gasteiger charge is -2.30. The second-order valence-corrected chi connectivity index (χ2v) is 3.30. The van der Waals surface area contributed by atoms with Gasteiger partial charge in [-0.1, -0.05) is 6.92 Å².